The maximum Gasteiger partial charge on any atom is 0.220 e. The zero-order chi connectivity index (χ0) is 16.8. The van der Waals surface area contributed by atoms with Crippen molar-refractivity contribution in [1.29, 1.82) is 0 Å². The van der Waals surface area contributed by atoms with Gasteiger partial charge < -0.3 is 10.1 Å². The first-order valence-electron chi connectivity index (χ1n) is 8.52. The zero-order valence-electron chi connectivity index (χ0n) is 14.1. The molecule has 2 atom stereocenters. The number of ether oxygens (including phenoxy) is 1. The number of amides is 1. The monoisotopic (exact) mass is 324 g/mol. The highest BCUT2D eigenvalue weighted by molar-refractivity contribution is 5.76. The normalized spacial score (nSPS) is 20.0. The lowest BCUT2D eigenvalue weighted by molar-refractivity contribution is -0.122. The Morgan fingerprint density at radius 3 is 2.62 bits per heavy atom. The van der Waals surface area contributed by atoms with E-state index in [1.807, 2.05) is 12.1 Å². The molecule has 0 radical (unpaired) electrons. The van der Waals surface area contributed by atoms with Gasteiger partial charge in [-0.2, -0.15) is 0 Å². The number of aryl methyl sites for hydroxylation is 2. The van der Waals surface area contributed by atoms with Crippen molar-refractivity contribution in [3.8, 4) is 0 Å². The van der Waals surface area contributed by atoms with Gasteiger partial charge in [-0.3, -0.25) is 9.78 Å². The van der Waals surface area contributed by atoms with Crippen molar-refractivity contribution < 1.29 is 9.53 Å². The van der Waals surface area contributed by atoms with E-state index < -0.39 is 0 Å². The molecule has 2 aromatic rings. The first-order chi connectivity index (χ1) is 11.7. The van der Waals surface area contributed by atoms with Gasteiger partial charge in [-0.05, 0) is 43.0 Å². The van der Waals surface area contributed by atoms with E-state index in [0.717, 1.165) is 12.8 Å². The van der Waals surface area contributed by atoms with E-state index in [0.29, 0.717) is 25.6 Å². The minimum atomic E-state index is 0.101. The summed E-state index contributed by atoms with van der Waals surface area (Å²) in [6.07, 6.45) is 5.81. The fourth-order valence-corrected chi connectivity index (χ4v) is 3.07. The highest BCUT2D eigenvalue weighted by Gasteiger charge is 2.29. The third-order valence-corrected chi connectivity index (χ3v) is 4.55. The van der Waals surface area contributed by atoms with Crippen LogP contribution in [-0.2, 0) is 22.4 Å². The fraction of sp³-hybridized carbons (Fsp3) is 0.400. The van der Waals surface area contributed by atoms with Crippen LogP contribution < -0.4 is 5.32 Å². The summed E-state index contributed by atoms with van der Waals surface area (Å²) in [5, 5.41) is 3.15. The van der Waals surface area contributed by atoms with E-state index in [9.17, 15) is 4.79 Å². The topological polar surface area (TPSA) is 51.2 Å². The Bertz CT molecular complexity index is 655. The smallest absolute Gasteiger partial charge is 0.220 e. The molecule has 1 fully saturated rings. The molecule has 4 heteroatoms. The van der Waals surface area contributed by atoms with Gasteiger partial charge in [0.05, 0.1) is 19.3 Å². The Morgan fingerprint density at radius 2 is 1.88 bits per heavy atom. The summed E-state index contributed by atoms with van der Waals surface area (Å²) < 4.78 is 5.59. The Balaban J connectivity index is 1.48. The molecule has 2 unspecified atom stereocenters. The Morgan fingerprint density at radius 1 is 1.12 bits per heavy atom. The van der Waals surface area contributed by atoms with Crippen LogP contribution in [0.5, 0.6) is 0 Å². The molecule has 1 aromatic carbocycles. The Labute approximate surface area is 143 Å². The molecule has 1 saturated heterocycles. The number of pyridine rings is 1. The molecule has 1 N–H and O–H groups in total. The maximum atomic E-state index is 12.3. The lowest BCUT2D eigenvalue weighted by Crippen LogP contribution is -2.40. The molecule has 126 valence electrons. The highest BCUT2D eigenvalue weighted by atomic mass is 16.5. The molecule has 4 nitrogen and oxygen atoms in total. The Hall–Kier alpha value is -2.20. The van der Waals surface area contributed by atoms with Crippen LogP contribution >= 0.6 is 0 Å². The number of carbonyl (C=O) groups is 1. The number of nitrogens with one attached hydrogen (secondary N) is 1. The number of hydrogen-bond donors (Lipinski definition) is 1. The van der Waals surface area contributed by atoms with Crippen molar-refractivity contribution in [3.63, 3.8) is 0 Å². The molecule has 0 bridgehead atoms. The van der Waals surface area contributed by atoms with Crippen LogP contribution in [0.15, 0.2) is 48.8 Å². The predicted molar refractivity (Wildman–Crippen MR) is 93.7 cm³/mol. The van der Waals surface area contributed by atoms with Gasteiger partial charge >= 0.3 is 0 Å². The Kier molecular flexibility index (Phi) is 5.59. The van der Waals surface area contributed by atoms with E-state index in [1.54, 1.807) is 12.4 Å². The summed E-state index contributed by atoms with van der Waals surface area (Å²) >= 11 is 0. The van der Waals surface area contributed by atoms with E-state index in [2.05, 4.69) is 41.5 Å². The summed E-state index contributed by atoms with van der Waals surface area (Å²) in [4.78, 5) is 16.3. The van der Waals surface area contributed by atoms with Gasteiger partial charge in [0.25, 0.3) is 0 Å². The lowest BCUT2D eigenvalue weighted by Gasteiger charge is -2.19. The van der Waals surface area contributed by atoms with Gasteiger partial charge in [-0.1, -0.05) is 29.8 Å². The molecule has 3 rings (SSSR count). The van der Waals surface area contributed by atoms with Gasteiger partial charge in [-0.15, -0.1) is 0 Å². The highest BCUT2D eigenvalue weighted by Crippen LogP contribution is 2.19. The molecular weight excluding hydrogens is 300 g/mol. The molecule has 0 aliphatic carbocycles. The second-order valence-corrected chi connectivity index (χ2v) is 6.52. The first kappa shape index (κ1) is 16.7. The maximum absolute atomic E-state index is 12.3. The molecule has 0 spiro atoms. The summed E-state index contributed by atoms with van der Waals surface area (Å²) in [5.41, 5.74) is 3.68. The molecule has 1 amide bonds. The van der Waals surface area contributed by atoms with Crippen LogP contribution in [0.1, 0.15) is 23.1 Å². The average Bonchev–Trinajstić information content (AvgIpc) is 3.02. The third kappa shape index (κ3) is 4.65. The number of aromatic nitrogens is 1. The molecule has 1 aliphatic rings. The molecule has 0 saturated carbocycles. The van der Waals surface area contributed by atoms with E-state index in [4.69, 9.17) is 4.74 Å². The molecule has 1 aliphatic heterocycles. The van der Waals surface area contributed by atoms with E-state index >= 15 is 0 Å². The lowest BCUT2D eigenvalue weighted by atomic mass is 9.95. The van der Waals surface area contributed by atoms with Crippen LogP contribution in [0.4, 0.5) is 0 Å². The van der Waals surface area contributed by atoms with Crippen molar-refractivity contribution in [3.05, 3.63) is 65.5 Å². The van der Waals surface area contributed by atoms with Gasteiger partial charge in [0.15, 0.2) is 0 Å². The zero-order valence-corrected chi connectivity index (χ0v) is 14.1. The largest absolute Gasteiger partial charge is 0.379 e. The fourth-order valence-electron chi connectivity index (χ4n) is 3.07. The molecule has 1 aromatic heterocycles. The molecular formula is C20H24N2O2. The van der Waals surface area contributed by atoms with Gasteiger partial charge in [0, 0.05) is 24.7 Å². The quantitative estimate of drug-likeness (QED) is 0.889. The van der Waals surface area contributed by atoms with Crippen molar-refractivity contribution >= 4 is 5.91 Å². The predicted octanol–water partition coefficient (Wildman–Crippen LogP) is 2.70. The third-order valence-electron chi connectivity index (χ3n) is 4.55. The number of nitrogens with zero attached hydrogens (tertiary/aromatic N) is 1. The van der Waals surface area contributed by atoms with Crippen molar-refractivity contribution in [2.24, 2.45) is 5.92 Å². The van der Waals surface area contributed by atoms with Crippen LogP contribution in [0, 0.1) is 12.8 Å². The number of hydrogen-bond acceptors (Lipinski definition) is 3. The standard InChI is InChI=1S/C20H24N2O2/c1-15-2-4-16(5-3-15)6-7-20(23)22-19-14-24-13-18(19)12-17-8-10-21-11-9-17/h2-5,8-11,18-19H,6-7,12-14H2,1H3,(H,22,23). The molecule has 2 heterocycles. The van der Waals surface area contributed by atoms with Crippen LogP contribution in [-0.4, -0.2) is 30.1 Å². The van der Waals surface area contributed by atoms with E-state index in [-0.39, 0.29) is 11.9 Å². The molecule has 24 heavy (non-hydrogen) atoms. The second-order valence-electron chi connectivity index (χ2n) is 6.52. The summed E-state index contributed by atoms with van der Waals surface area (Å²) in [7, 11) is 0. The summed E-state index contributed by atoms with van der Waals surface area (Å²) in [5.74, 6) is 0.432. The summed E-state index contributed by atoms with van der Waals surface area (Å²) in [6, 6.07) is 12.5. The minimum absolute atomic E-state index is 0.101. The van der Waals surface area contributed by atoms with Gasteiger partial charge in [0.2, 0.25) is 5.91 Å². The second kappa shape index (κ2) is 8.06. The average molecular weight is 324 g/mol. The number of benzene rings is 1. The number of rotatable bonds is 6. The van der Waals surface area contributed by atoms with Crippen LogP contribution in [0.2, 0.25) is 0 Å². The van der Waals surface area contributed by atoms with Crippen molar-refractivity contribution in [1.82, 2.24) is 10.3 Å². The van der Waals surface area contributed by atoms with Crippen LogP contribution in [0.25, 0.3) is 0 Å². The SMILES string of the molecule is Cc1ccc(CCC(=O)NC2COCC2Cc2ccncc2)cc1. The first-order valence-corrected chi connectivity index (χ1v) is 8.52. The van der Waals surface area contributed by atoms with Gasteiger partial charge in [0.1, 0.15) is 0 Å². The number of carbonyl (C=O) groups excluding carboxylic acids is 1. The van der Waals surface area contributed by atoms with Gasteiger partial charge in [-0.25, -0.2) is 0 Å². The van der Waals surface area contributed by atoms with Crippen molar-refractivity contribution in [2.45, 2.75) is 32.2 Å². The van der Waals surface area contributed by atoms with E-state index in [1.165, 1.54) is 16.7 Å². The van der Waals surface area contributed by atoms with Crippen molar-refractivity contribution in [2.75, 3.05) is 13.2 Å². The van der Waals surface area contributed by atoms with Crippen LogP contribution in [0.3, 0.4) is 0 Å². The summed E-state index contributed by atoms with van der Waals surface area (Å²) in [6.45, 7) is 3.37. The minimum Gasteiger partial charge on any atom is -0.379 e.